The minimum absolute atomic E-state index is 0.0514. The van der Waals surface area contributed by atoms with Crippen molar-refractivity contribution in [2.45, 2.75) is 0 Å². The summed E-state index contributed by atoms with van der Waals surface area (Å²) < 4.78 is 10.3. The zero-order chi connectivity index (χ0) is 17.3. The topological polar surface area (TPSA) is 107 Å². The van der Waals surface area contributed by atoms with Crippen LogP contribution >= 0.6 is 0 Å². The van der Waals surface area contributed by atoms with Crippen molar-refractivity contribution >= 4 is 22.4 Å². The molecule has 0 fully saturated rings. The van der Waals surface area contributed by atoms with Crippen molar-refractivity contribution in [2.75, 3.05) is 20.0 Å². The zero-order valence-corrected chi connectivity index (χ0v) is 13.1. The predicted octanol–water partition coefficient (Wildman–Crippen LogP) is 1.75. The Hall–Kier alpha value is -3.35. The lowest BCUT2D eigenvalue weighted by atomic mass is 10.1. The first kappa shape index (κ1) is 15.5. The highest BCUT2D eigenvalue weighted by molar-refractivity contribution is 6.07. The number of hydrogen-bond acceptors (Lipinski definition) is 6. The van der Waals surface area contributed by atoms with Crippen molar-refractivity contribution in [1.82, 2.24) is 9.97 Å². The third kappa shape index (κ3) is 2.67. The van der Waals surface area contributed by atoms with Gasteiger partial charge in [-0.25, -0.2) is 4.98 Å². The van der Waals surface area contributed by atoms with Gasteiger partial charge in [0.1, 0.15) is 0 Å². The molecule has 0 spiro atoms. The van der Waals surface area contributed by atoms with Crippen LogP contribution < -0.4 is 20.8 Å². The Morgan fingerprint density at radius 3 is 2.54 bits per heavy atom. The Morgan fingerprint density at radius 1 is 1.08 bits per heavy atom. The number of rotatable bonds is 4. The quantitative estimate of drug-likeness (QED) is 0.559. The van der Waals surface area contributed by atoms with E-state index in [1.165, 1.54) is 26.4 Å². The van der Waals surface area contributed by atoms with Crippen LogP contribution in [0.5, 0.6) is 11.5 Å². The summed E-state index contributed by atoms with van der Waals surface area (Å²) >= 11 is 0. The first-order chi connectivity index (χ1) is 11.5. The average molecular weight is 325 g/mol. The average Bonchev–Trinajstić information content (AvgIpc) is 2.60. The number of nitrogens with one attached hydrogen (secondary N) is 1. The molecular formula is C17H15N3O4. The van der Waals surface area contributed by atoms with Crippen LogP contribution in [0.15, 0.2) is 41.2 Å². The molecule has 0 saturated heterocycles. The van der Waals surface area contributed by atoms with E-state index in [1.807, 2.05) is 0 Å². The Morgan fingerprint density at radius 2 is 1.83 bits per heavy atom. The van der Waals surface area contributed by atoms with Gasteiger partial charge in [-0.05, 0) is 36.4 Å². The highest BCUT2D eigenvalue weighted by Gasteiger charge is 2.16. The van der Waals surface area contributed by atoms with E-state index in [4.69, 9.17) is 15.2 Å². The first-order valence-electron chi connectivity index (χ1n) is 7.09. The lowest BCUT2D eigenvalue weighted by Crippen LogP contribution is -2.17. The number of aromatic nitrogens is 2. The molecule has 0 aliphatic heterocycles. The van der Waals surface area contributed by atoms with Crippen LogP contribution in [0, 0.1) is 0 Å². The highest BCUT2D eigenvalue weighted by atomic mass is 16.5. The van der Waals surface area contributed by atoms with Crippen molar-refractivity contribution in [3.8, 4) is 11.5 Å². The van der Waals surface area contributed by atoms with E-state index >= 15 is 0 Å². The number of aromatic amines is 1. The fourth-order valence-corrected chi connectivity index (χ4v) is 2.38. The summed E-state index contributed by atoms with van der Waals surface area (Å²) in [6.45, 7) is 0. The summed E-state index contributed by atoms with van der Waals surface area (Å²) in [4.78, 5) is 31.5. The summed E-state index contributed by atoms with van der Waals surface area (Å²) in [6, 6.07) is 9.48. The molecule has 0 unspecified atom stereocenters. The van der Waals surface area contributed by atoms with Gasteiger partial charge in [0, 0.05) is 11.3 Å². The van der Waals surface area contributed by atoms with E-state index in [9.17, 15) is 9.59 Å². The molecule has 2 aromatic carbocycles. The maximum absolute atomic E-state index is 12.6. The summed E-state index contributed by atoms with van der Waals surface area (Å²) in [6.07, 6.45) is 0. The monoisotopic (exact) mass is 325 g/mol. The molecule has 1 aromatic heterocycles. The molecule has 0 atom stereocenters. The molecule has 1 heterocycles. The maximum Gasteiger partial charge on any atom is 0.259 e. The fourth-order valence-electron chi connectivity index (χ4n) is 2.38. The van der Waals surface area contributed by atoms with Gasteiger partial charge in [-0.15, -0.1) is 0 Å². The van der Waals surface area contributed by atoms with Crippen molar-refractivity contribution < 1.29 is 14.3 Å². The third-order valence-electron chi connectivity index (χ3n) is 3.59. The van der Waals surface area contributed by atoms with E-state index in [0.29, 0.717) is 33.7 Å². The van der Waals surface area contributed by atoms with Gasteiger partial charge in [0.15, 0.2) is 17.3 Å². The Kier molecular flexibility index (Phi) is 3.91. The number of ketones is 1. The summed E-state index contributed by atoms with van der Waals surface area (Å²) in [5.41, 5.74) is 6.42. The Labute approximate surface area is 137 Å². The number of benzene rings is 2. The summed E-state index contributed by atoms with van der Waals surface area (Å²) in [7, 11) is 2.99. The fraction of sp³-hybridized carbons (Fsp3) is 0.118. The molecule has 3 N–H and O–H groups in total. The van der Waals surface area contributed by atoms with E-state index < -0.39 is 11.3 Å². The smallest absolute Gasteiger partial charge is 0.259 e. The maximum atomic E-state index is 12.6. The largest absolute Gasteiger partial charge is 0.493 e. The molecule has 24 heavy (non-hydrogen) atoms. The molecule has 0 bridgehead atoms. The first-order valence-corrected chi connectivity index (χ1v) is 7.09. The van der Waals surface area contributed by atoms with Crippen molar-refractivity contribution in [3.63, 3.8) is 0 Å². The second-order valence-electron chi connectivity index (χ2n) is 5.09. The molecule has 0 saturated carbocycles. The van der Waals surface area contributed by atoms with Gasteiger partial charge >= 0.3 is 0 Å². The van der Waals surface area contributed by atoms with Gasteiger partial charge in [-0.3, -0.25) is 9.59 Å². The standard InChI is InChI=1S/C17H15N3O4/c1-23-13-6-3-9(7-14(13)24-2)15(21)16-19-12-5-4-10(18)8-11(12)17(22)20-16/h3-8H,18H2,1-2H3,(H,19,20,22). The van der Waals surface area contributed by atoms with E-state index in [0.717, 1.165) is 0 Å². The van der Waals surface area contributed by atoms with E-state index in [2.05, 4.69) is 9.97 Å². The SMILES string of the molecule is COc1ccc(C(=O)c2nc3ccc(N)cc3c(=O)[nH]2)cc1OC. The number of nitrogens with zero attached hydrogens (tertiary/aromatic N) is 1. The lowest BCUT2D eigenvalue weighted by Gasteiger charge is -2.09. The van der Waals surface area contributed by atoms with Crippen LogP contribution in [-0.2, 0) is 0 Å². The molecule has 3 aromatic rings. The number of methoxy groups -OCH3 is 2. The number of anilines is 1. The number of nitrogen functional groups attached to an aromatic ring is 1. The minimum atomic E-state index is -0.424. The van der Waals surface area contributed by atoms with Gasteiger partial charge in [-0.2, -0.15) is 0 Å². The molecule has 0 amide bonds. The number of nitrogens with two attached hydrogens (primary N) is 1. The molecule has 0 aliphatic carbocycles. The molecule has 7 heteroatoms. The van der Waals surface area contributed by atoms with Gasteiger partial charge < -0.3 is 20.2 Å². The number of carbonyl (C=O) groups is 1. The van der Waals surface area contributed by atoms with Crippen LogP contribution in [0.2, 0.25) is 0 Å². The highest BCUT2D eigenvalue weighted by Crippen LogP contribution is 2.28. The third-order valence-corrected chi connectivity index (χ3v) is 3.59. The van der Waals surface area contributed by atoms with Gasteiger partial charge in [-0.1, -0.05) is 0 Å². The number of ether oxygens (including phenoxy) is 2. The number of hydrogen-bond donors (Lipinski definition) is 2. The second kappa shape index (κ2) is 6.04. The summed E-state index contributed by atoms with van der Waals surface area (Å²) in [5.74, 6) is 0.444. The second-order valence-corrected chi connectivity index (χ2v) is 5.09. The van der Waals surface area contributed by atoms with Crippen molar-refractivity contribution in [2.24, 2.45) is 0 Å². The van der Waals surface area contributed by atoms with Gasteiger partial charge in [0.2, 0.25) is 5.78 Å². The number of H-pyrrole nitrogens is 1. The normalized spacial score (nSPS) is 10.6. The predicted molar refractivity (Wildman–Crippen MR) is 89.8 cm³/mol. The zero-order valence-electron chi connectivity index (χ0n) is 13.1. The molecule has 7 nitrogen and oxygen atoms in total. The Bertz CT molecular complexity index is 995. The van der Waals surface area contributed by atoms with Crippen LogP contribution in [0.4, 0.5) is 5.69 Å². The molecule has 0 aliphatic rings. The van der Waals surface area contributed by atoms with Crippen LogP contribution in [0.25, 0.3) is 10.9 Å². The molecule has 122 valence electrons. The lowest BCUT2D eigenvalue weighted by molar-refractivity contribution is 0.102. The number of carbonyl (C=O) groups excluding carboxylic acids is 1. The summed E-state index contributed by atoms with van der Waals surface area (Å²) in [5, 5.41) is 0.332. The van der Waals surface area contributed by atoms with Crippen LogP contribution in [0.1, 0.15) is 16.2 Å². The van der Waals surface area contributed by atoms with E-state index in [1.54, 1.807) is 24.3 Å². The number of fused-ring (bicyclic) bond motifs is 1. The van der Waals surface area contributed by atoms with Gasteiger partial charge in [0.05, 0.1) is 25.1 Å². The minimum Gasteiger partial charge on any atom is -0.493 e. The van der Waals surface area contributed by atoms with Crippen molar-refractivity contribution in [1.29, 1.82) is 0 Å². The van der Waals surface area contributed by atoms with Crippen LogP contribution in [-0.4, -0.2) is 30.0 Å². The molecule has 0 radical (unpaired) electrons. The van der Waals surface area contributed by atoms with Gasteiger partial charge in [0.25, 0.3) is 5.56 Å². The molecular weight excluding hydrogens is 310 g/mol. The van der Waals surface area contributed by atoms with Crippen LogP contribution in [0.3, 0.4) is 0 Å². The van der Waals surface area contributed by atoms with E-state index in [-0.39, 0.29) is 5.82 Å². The van der Waals surface area contributed by atoms with Crippen molar-refractivity contribution in [3.05, 3.63) is 58.1 Å². The Balaban J connectivity index is 2.09. The molecule has 3 rings (SSSR count).